The molecule has 1 unspecified atom stereocenters. The third-order valence-corrected chi connectivity index (χ3v) is 3.76. The number of alkyl carbamates (subject to hydrolysis) is 1. The molecule has 2 rings (SSSR count). The van der Waals surface area contributed by atoms with Crippen molar-refractivity contribution in [1.82, 2.24) is 10.6 Å². The Balaban J connectivity index is 1.96. The molecule has 18 heavy (non-hydrogen) atoms. The number of rotatable bonds is 2. The zero-order chi connectivity index (χ0) is 13.4. The molecule has 1 aliphatic carbocycles. The summed E-state index contributed by atoms with van der Waals surface area (Å²) in [6.45, 7) is 7.28. The molecule has 5 heteroatoms. The Morgan fingerprint density at radius 1 is 1.44 bits per heavy atom. The summed E-state index contributed by atoms with van der Waals surface area (Å²) < 4.78 is 18.5. The van der Waals surface area contributed by atoms with Gasteiger partial charge in [-0.2, -0.15) is 0 Å². The molecule has 0 aromatic rings. The van der Waals surface area contributed by atoms with Crippen LogP contribution in [0.2, 0.25) is 0 Å². The van der Waals surface area contributed by atoms with Gasteiger partial charge in [0.1, 0.15) is 11.8 Å². The van der Waals surface area contributed by atoms with Crippen molar-refractivity contribution in [3.05, 3.63) is 0 Å². The van der Waals surface area contributed by atoms with Gasteiger partial charge >= 0.3 is 6.09 Å². The Hall–Kier alpha value is -0.840. The van der Waals surface area contributed by atoms with Crippen molar-refractivity contribution in [2.75, 3.05) is 13.1 Å². The van der Waals surface area contributed by atoms with Crippen molar-refractivity contribution in [1.29, 1.82) is 0 Å². The summed E-state index contributed by atoms with van der Waals surface area (Å²) in [5.41, 5.74) is -0.913. The van der Waals surface area contributed by atoms with E-state index in [1.54, 1.807) is 0 Å². The van der Waals surface area contributed by atoms with Crippen molar-refractivity contribution in [2.45, 2.75) is 57.3 Å². The van der Waals surface area contributed by atoms with Gasteiger partial charge in [0.05, 0.1) is 5.54 Å². The molecule has 4 nitrogen and oxygen atoms in total. The van der Waals surface area contributed by atoms with Crippen LogP contribution in [0.4, 0.5) is 9.18 Å². The lowest BCUT2D eigenvalue weighted by molar-refractivity contribution is 0.00140. The molecule has 1 aliphatic heterocycles. The number of carbonyl (C=O) groups is 1. The van der Waals surface area contributed by atoms with Crippen LogP contribution in [0.5, 0.6) is 0 Å². The first-order valence-electron chi connectivity index (χ1n) is 6.67. The number of ether oxygens (including phenoxy) is 1. The van der Waals surface area contributed by atoms with Gasteiger partial charge in [0, 0.05) is 19.4 Å². The van der Waals surface area contributed by atoms with Gasteiger partial charge in [-0.25, -0.2) is 9.18 Å². The molecule has 104 valence electrons. The number of hydrogen-bond donors (Lipinski definition) is 2. The fraction of sp³-hybridized carbons (Fsp3) is 0.923. The van der Waals surface area contributed by atoms with E-state index in [9.17, 15) is 9.18 Å². The van der Waals surface area contributed by atoms with E-state index in [2.05, 4.69) is 10.6 Å². The van der Waals surface area contributed by atoms with Crippen LogP contribution in [0.25, 0.3) is 0 Å². The molecular weight excluding hydrogens is 235 g/mol. The first-order chi connectivity index (χ1) is 8.31. The molecular formula is C13H23FN2O2. The van der Waals surface area contributed by atoms with E-state index in [0.717, 1.165) is 19.5 Å². The van der Waals surface area contributed by atoms with Crippen molar-refractivity contribution in [3.63, 3.8) is 0 Å². The van der Waals surface area contributed by atoms with Gasteiger partial charge in [0.2, 0.25) is 0 Å². The third kappa shape index (κ3) is 2.94. The second kappa shape index (κ2) is 4.68. The van der Waals surface area contributed by atoms with E-state index in [4.69, 9.17) is 4.74 Å². The smallest absolute Gasteiger partial charge is 0.408 e. The number of hydrogen-bond acceptors (Lipinski definition) is 3. The molecule has 0 radical (unpaired) electrons. The number of carbonyl (C=O) groups excluding carboxylic acids is 1. The van der Waals surface area contributed by atoms with Crippen LogP contribution in [0.1, 0.15) is 40.0 Å². The number of amides is 1. The average Bonchev–Trinajstić information content (AvgIpc) is 2.63. The maximum Gasteiger partial charge on any atom is 0.408 e. The second-order valence-electron chi connectivity index (χ2n) is 6.48. The van der Waals surface area contributed by atoms with Gasteiger partial charge in [0.25, 0.3) is 0 Å². The molecule has 2 aliphatic rings. The van der Waals surface area contributed by atoms with Crippen LogP contribution in [0, 0.1) is 5.92 Å². The van der Waals surface area contributed by atoms with Crippen LogP contribution < -0.4 is 10.6 Å². The second-order valence-corrected chi connectivity index (χ2v) is 6.48. The molecule has 1 saturated heterocycles. The minimum Gasteiger partial charge on any atom is -0.444 e. The van der Waals surface area contributed by atoms with Crippen LogP contribution >= 0.6 is 0 Å². The summed E-state index contributed by atoms with van der Waals surface area (Å²) in [7, 11) is 0. The molecule has 1 atom stereocenters. The van der Waals surface area contributed by atoms with Gasteiger partial charge in [0.15, 0.2) is 0 Å². The Kier molecular flexibility index (Phi) is 3.54. The van der Waals surface area contributed by atoms with E-state index in [1.165, 1.54) is 0 Å². The molecule has 0 aromatic heterocycles. The summed E-state index contributed by atoms with van der Waals surface area (Å²) in [6, 6.07) is 0. The van der Waals surface area contributed by atoms with E-state index in [0.29, 0.717) is 18.8 Å². The van der Waals surface area contributed by atoms with Gasteiger partial charge < -0.3 is 15.4 Å². The molecule has 0 aromatic carbocycles. The van der Waals surface area contributed by atoms with E-state index >= 15 is 0 Å². The highest BCUT2D eigenvalue weighted by Crippen LogP contribution is 2.43. The summed E-state index contributed by atoms with van der Waals surface area (Å²) >= 11 is 0. The van der Waals surface area contributed by atoms with Gasteiger partial charge in [-0.1, -0.05) is 0 Å². The summed E-state index contributed by atoms with van der Waals surface area (Å²) in [6.07, 6.45) is 0.599. The van der Waals surface area contributed by atoms with Crippen LogP contribution in [-0.2, 0) is 4.74 Å². The minimum atomic E-state index is -0.791. The lowest BCUT2D eigenvalue weighted by Gasteiger charge is -2.48. The van der Waals surface area contributed by atoms with Gasteiger partial charge in [-0.05, 0) is 39.7 Å². The topological polar surface area (TPSA) is 50.4 Å². The Bertz CT molecular complexity index is 315. The minimum absolute atomic E-state index is 0.317. The fourth-order valence-electron chi connectivity index (χ4n) is 2.90. The molecule has 2 N–H and O–H groups in total. The van der Waals surface area contributed by atoms with Crippen LogP contribution in [-0.4, -0.2) is 36.5 Å². The van der Waals surface area contributed by atoms with Gasteiger partial charge in [-0.15, -0.1) is 0 Å². The summed E-state index contributed by atoms with van der Waals surface area (Å²) in [5.74, 6) is 0.317. The number of halogens is 1. The van der Waals surface area contributed by atoms with Gasteiger partial charge in [-0.3, -0.25) is 0 Å². The Labute approximate surface area is 108 Å². The summed E-state index contributed by atoms with van der Waals surface area (Å²) in [4.78, 5) is 11.9. The monoisotopic (exact) mass is 258 g/mol. The first kappa shape index (κ1) is 13.6. The largest absolute Gasteiger partial charge is 0.444 e. The highest BCUT2D eigenvalue weighted by Gasteiger charge is 2.52. The highest BCUT2D eigenvalue weighted by atomic mass is 19.1. The maximum atomic E-state index is 13.2. The van der Waals surface area contributed by atoms with E-state index in [1.807, 2.05) is 20.8 Å². The van der Waals surface area contributed by atoms with Crippen molar-refractivity contribution >= 4 is 6.09 Å². The lowest BCUT2D eigenvalue weighted by atomic mass is 9.66. The van der Waals surface area contributed by atoms with Crippen LogP contribution in [0.3, 0.4) is 0 Å². The molecule has 2 fully saturated rings. The average molecular weight is 258 g/mol. The van der Waals surface area contributed by atoms with E-state index in [-0.39, 0.29) is 0 Å². The normalized spacial score (nSPS) is 36.0. The third-order valence-electron chi connectivity index (χ3n) is 3.76. The number of alkyl halides is 1. The number of nitrogens with one attached hydrogen (secondary N) is 2. The Morgan fingerprint density at radius 3 is 2.56 bits per heavy atom. The molecule has 0 bridgehead atoms. The molecule has 1 saturated carbocycles. The van der Waals surface area contributed by atoms with Crippen molar-refractivity contribution in [2.24, 2.45) is 5.92 Å². The lowest BCUT2D eigenvalue weighted by Crippen LogP contribution is -2.63. The van der Waals surface area contributed by atoms with Crippen LogP contribution in [0.15, 0.2) is 0 Å². The van der Waals surface area contributed by atoms with E-state index < -0.39 is 23.4 Å². The molecule has 1 heterocycles. The quantitative estimate of drug-likeness (QED) is 0.796. The first-order valence-corrected chi connectivity index (χ1v) is 6.67. The van der Waals surface area contributed by atoms with Crippen molar-refractivity contribution < 1.29 is 13.9 Å². The SMILES string of the molecule is CC(C)(C)OC(=O)NC1(C2CCNC2)CC(F)C1. The standard InChI is InChI=1S/C13H23FN2O2/c1-12(2,3)18-11(17)16-13(6-10(14)7-13)9-4-5-15-8-9/h9-10,15H,4-8H2,1-3H3,(H,16,17). The zero-order valence-corrected chi connectivity index (χ0v) is 11.4. The molecule has 1 amide bonds. The highest BCUT2D eigenvalue weighted by molar-refractivity contribution is 5.69. The summed E-state index contributed by atoms with van der Waals surface area (Å²) in [5, 5.41) is 6.19. The fourth-order valence-corrected chi connectivity index (χ4v) is 2.90. The predicted octanol–water partition coefficient (Wildman–Crippen LogP) is 1.99. The van der Waals surface area contributed by atoms with Crippen molar-refractivity contribution in [3.8, 4) is 0 Å². The maximum absolute atomic E-state index is 13.2. The zero-order valence-electron chi connectivity index (χ0n) is 11.4. The predicted molar refractivity (Wildman–Crippen MR) is 67.2 cm³/mol. The molecule has 0 spiro atoms. The Morgan fingerprint density at radius 2 is 2.11 bits per heavy atom.